The summed E-state index contributed by atoms with van der Waals surface area (Å²) in [5.74, 6) is 0.653. The molecule has 6 heteroatoms. The number of fused-ring (bicyclic) bond motifs is 1. The molecule has 2 N–H and O–H groups in total. The summed E-state index contributed by atoms with van der Waals surface area (Å²) in [5, 5.41) is 4.63. The molecule has 96 valence electrons. The summed E-state index contributed by atoms with van der Waals surface area (Å²) in [6.07, 6.45) is 0. The topological polar surface area (TPSA) is 61.4 Å². The molecule has 1 aliphatic rings. The first-order valence-electron chi connectivity index (χ1n) is 5.69. The van der Waals surface area contributed by atoms with E-state index in [1.807, 2.05) is 29.2 Å². The van der Waals surface area contributed by atoms with E-state index in [2.05, 4.69) is 10.6 Å². The summed E-state index contributed by atoms with van der Waals surface area (Å²) in [6, 6.07) is 7.51. The molecule has 5 nitrogen and oxygen atoms in total. The third-order valence-corrected chi connectivity index (χ3v) is 3.68. The number of hydrogen-bond donors (Lipinski definition) is 2. The van der Waals surface area contributed by atoms with Gasteiger partial charge in [0.05, 0.1) is 12.2 Å². The van der Waals surface area contributed by atoms with Gasteiger partial charge in [-0.25, -0.2) is 4.79 Å². The molecule has 0 radical (unpaired) electrons. The van der Waals surface area contributed by atoms with Gasteiger partial charge in [-0.1, -0.05) is 12.1 Å². The predicted octanol–water partition coefficient (Wildman–Crippen LogP) is 1.05. The van der Waals surface area contributed by atoms with Crippen molar-refractivity contribution >= 4 is 29.4 Å². The quantitative estimate of drug-likeness (QED) is 0.839. The van der Waals surface area contributed by atoms with Crippen LogP contribution in [0, 0.1) is 0 Å². The highest BCUT2D eigenvalue weighted by Gasteiger charge is 2.19. The lowest BCUT2D eigenvalue weighted by atomic mass is 10.2. The second-order valence-corrected chi connectivity index (χ2v) is 5.00. The van der Waals surface area contributed by atoms with Crippen LogP contribution in [0.3, 0.4) is 0 Å². The minimum Gasteiger partial charge on any atom is -0.360 e. The number of amides is 3. The summed E-state index contributed by atoms with van der Waals surface area (Å²) >= 11 is 1.79. The molecule has 0 aromatic heterocycles. The zero-order valence-electron chi connectivity index (χ0n) is 10.1. The van der Waals surface area contributed by atoms with E-state index < -0.39 is 6.03 Å². The van der Waals surface area contributed by atoms with E-state index >= 15 is 0 Å². The van der Waals surface area contributed by atoms with Crippen molar-refractivity contribution in [1.29, 1.82) is 0 Å². The summed E-state index contributed by atoms with van der Waals surface area (Å²) < 4.78 is 0. The number of imide groups is 1. The van der Waals surface area contributed by atoms with Gasteiger partial charge in [0.15, 0.2) is 0 Å². The van der Waals surface area contributed by atoms with Crippen LogP contribution in [0.2, 0.25) is 0 Å². The van der Waals surface area contributed by atoms with Crippen LogP contribution in [-0.2, 0) is 4.79 Å². The molecule has 0 saturated carbocycles. The number of nitrogens with one attached hydrogen (secondary N) is 2. The molecule has 2 rings (SSSR count). The zero-order valence-corrected chi connectivity index (χ0v) is 10.9. The molecule has 0 fully saturated rings. The van der Waals surface area contributed by atoms with Crippen molar-refractivity contribution in [2.75, 3.05) is 30.8 Å². The maximum Gasteiger partial charge on any atom is 0.321 e. The van der Waals surface area contributed by atoms with Crippen LogP contribution in [0.4, 0.5) is 10.5 Å². The second kappa shape index (κ2) is 5.77. The number of rotatable bonds is 2. The Balaban J connectivity index is 2.03. The highest BCUT2D eigenvalue weighted by molar-refractivity contribution is 7.99. The molecule has 1 aromatic rings. The van der Waals surface area contributed by atoms with Gasteiger partial charge in [0, 0.05) is 24.2 Å². The summed E-state index contributed by atoms with van der Waals surface area (Å²) in [5.41, 5.74) is 1.06. The number of anilines is 1. The maximum atomic E-state index is 11.7. The smallest absolute Gasteiger partial charge is 0.321 e. The number of para-hydroxylation sites is 1. The molecular formula is C12H15N3O2S. The average Bonchev–Trinajstić information content (AvgIpc) is 2.39. The molecule has 0 unspecified atom stereocenters. The Labute approximate surface area is 110 Å². The Morgan fingerprint density at radius 1 is 1.39 bits per heavy atom. The molecule has 1 aromatic carbocycles. The maximum absolute atomic E-state index is 11.7. The molecule has 1 heterocycles. The predicted molar refractivity (Wildman–Crippen MR) is 72.0 cm³/mol. The van der Waals surface area contributed by atoms with Crippen molar-refractivity contribution in [2.45, 2.75) is 4.90 Å². The van der Waals surface area contributed by atoms with E-state index in [1.165, 1.54) is 11.9 Å². The minimum atomic E-state index is -0.473. The van der Waals surface area contributed by atoms with Crippen LogP contribution in [0.25, 0.3) is 0 Å². The van der Waals surface area contributed by atoms with Crippen molar-refractivity contribution in [3.63, 3.8) is 0 Å². The van der Waals surface area contributed by atoms with E-state index in [1.54, 1.807) is 11.8 Å². The molecule has 0 aliphatic carbocycles. The summed E-state index contributed by atoms with van der Waals surface area (Å²) in [6.45, 7) is 1.01. The number of urea groups is 1. The fourth-order valence-corrected chi connectivity index (χ4v) is 2.84. The number of benzene rings is 1. The van der Waals surface area contributed by atoms with Crippen LogP contribution in [0.15, 0.2) is 29.2 Å². The van der Waals surface area contributed by atoms with E-state index in [-0.39, 0.29) is 12.5 Å². The first-order valence-corrected chi connectivity index (χ1v) is 6.67. The van der Waals surface area contributed by atoms with Gasteiger partial charge in [-0.2, -0.15) is 0 Å². The van der Waals surface area contributed by atoms with E-state index in [0.29, 0.717) is 0 Å². The fourth-order valence-electron chi connectivity index (χ4n) is 1.79. The lowest BCUT2D eigenvalue weighted by Crippen LogP contribution is -2.44. The van der Waals surface area contributed by atoms with Crippen LogP contribution < -0.4 is 15.5 Å². The van der Waals surface area contributed by atoms with Gasteiger partial charge >= 0.3 is 6.03 Å². The van der Waals surface area contributed by atoms with Crippen molar-refractivity contribution in [3.05, 3.63) is 24.3 Å². The lowest BCUT2D eigenvalue weighted by Gasteiger charge is -2.29. The van der Waals surface area contributed by atoms with Gasteiger partial charge in [-0.15, -0.1) is 11.8 Å². The van der Waals surface area contributed by atoms with Crippen LogP contribution in [0.5, 0.6) is 0 Å². The number of carbonyl (C=O) groups excluding carboxylic acids is 2. The SMILES string of the molecule is CNC(=O)NC(=O)CN1CCSc2ccccc21. The Bertz CT molecular complexity index is 464. The minimum absolute atomic E-state index is 0.199. The molecule has 0 saturated heterocycles. The standard InChI is InChI=1S/C12H15N3O2S/c1-13-12(17)14-11(16)8-15-6-7-18-10-5-3-2-4-9(10)15/h2-5H,6-8H2,1H3,(H2,13,14,16,17). The van der Waals surface area contributed by atoms with Gasteiger partial charge < -0.3 is 10.2 Å². The molecule has 0 bridgehead atoms. The average molecular weight is 265 g/mol. The summed E-state index contributed by atoms with van der Waals surface area (Å²) in [4.78, 5) is 25.9. The van der Waals surface area contributed by atoms with Crippen molar-refractivity contribution in [3.8, 4) is 0 Å². The van der Waals surface area contributed by atoms with Gasteiger partial charge in [-0.05, 0) is 12.1 Å². The van der Waals surface area contributed by atoms with E-state index in [9.17, 15) is 9.59 Å². The number of hydrogen-bond acceptors (Lipinski definition) is 4. The number of carbonyl (C=O) groups is 2. The van der Waals surface area contributed by atoms with Crippen LogP contribution in [-0.4, -0.2) is 37.8 Å². The normalized spacial score (nSPS) is 13.7. The van der Waals surface area contributed by atoms with E-state index in [0.717, 1.165) is 18.0 Å². The van der Waals surface area contributed by atoms with Gasteiger partial charge in [0.1, 0.15) is 0 Å². The highest BCUT2D eigenvalue weighted by Crippen LogP contribution is 2.33. The first-order chi connectivity index (χ1) is 8.70. The fraction of sp³-hybridized carbons (Fsp3) is 0.333. The Hall–Kier alpha value is -1.69. The largest absolute Gasteiger partial charge is 0.360 e. The molecular weight excluding hydrogens is 250 g/mol. The summed E-state index contributed by atoms with van der Waals surface area (Å²) in [7, 11) is 1.48. The highest BCUT2D eigenvalue weighted by atomic mass is 32.2. The van der Waals surface area contributed by atoms with Crippen molar-refractivity contribution in [1.82, 2.24) is 10.6 Å². The second-order valence-electron chi connectivity index (χ2n) is 3.87. The van der Waals surface area contributed by atoms with Crippen molar-refractivity contribution < 1.29 is 9.59 Å². The first kappa shape index (κ1) is 12.8. The lowest BCUT2D eigenvalue weighted by molar-refractivity contribution is -0.118. The number of thioether (sulfide) groups is 1. The Morgan fingerprint density at radius 2 is 2.17 bits per heavy atom. The molecule has 0 atom stereocenters. The molecule has 0 spiro atoms. The van der Waals surface area contributed by atoms with Gasteiger partial charge in [0.25, 0.3) is 0 Å². The third kappa shape index (κ3) is 2.95. The Kier molecular flexibility index (Phi) is 4.09. The van der Waals surface area contributed by atoms with Crippen LogP contribution in [0.1, 0.15) is 0 Å². The van der Waals surface area contributed by atoms with E-state index in [4.69, 9.17) is 0 Å². The number of nitrogens with zero attached hydrogens (tertiary/aromatic N) is 1. The zero-order chi connectivity index (χ0) is 13.0. The molecule has 3 amide bonds. The molecule has 18 heavy (non-hydrogen) atoms. The third-order valence-electron chi connectivity index (χ3n) is 2.64. The van der Waals surface area contributed by atoms with Crippen molar-refractivity contribution in [2.24, 2.45) is 0 Å². The van der Waals surface area contributed by atoms with Crippen LogP contribution >= 0.6 is 11.8 Å². The monoisotopic (exact) mass is 265 g/mol. The van der Waals surface area contributed by atoms with Gasteiger partial charge in [0.2, 0.25) is 5.91 Å². The Morgan fingerprint density at radius 3 is 2.94 bits per heavy atom. The van der Waals surface area contributed by atoms with Gasteiger partial charge in [-0.3, -0.25) is 10.1 Å². The molecule has 1 aliphatic heterocycles.